The van der Waals surface area contributed by atoms with E-state index in [-0.39, 0.29) is 24.0 Å². The van der Waals surface area contributed by atoms with E-state index in [1.165, 1.54) is 5.56 Å². The van der Waals surface area contributed by atoms with Crippen molar-refractivity contribution in [1.29, 1.82) is 0 Å². The van der Waals surface area contributed by atoms with Crippen molar-refractivity contribution in [3.05, 3.63) is 29.8 Å². The Balaban J connectivity index is 0.00000625. The lowest BCUT2D eigenvalue weighted by Crippen LogP contribution is -2.39. The van der Waals surface area contributed by atoms with Crippen LogP contribution >= 0.6 is 24.0 Å². The van der Waals surface area contributed by atoms with Gasteiger partial charge in [-0.25, -0.2) is 0 Å². The largest absolute Gasteiger partial charge is 0.497 e. The predicted octanol–water partition coefficient (Wildman–Crippen LogP) is 2.44. The number of aliphatic hydroxyl groups is 1. The first kappa shape index (κ1) is 24.9. The number of ether oxygens (including phenoxy) is 2. The van der Waals surface area contributed by atoms with E-state index < -0.39 is 6.10 Å². The highest BCUT2D eigenvalue weighted by atomic mass is 127. The van der Waals surface area contributed by atoms with Crippen LogP contribution in [0, 0.1) is 5.92 Å². The van der Waals surface area contributed by atoms with E-state index >= 15 is 0 Å². The first-order valence-electron chi connectivity index (χ1n) is 8.96. The fourth-order valence-corrected chi connectivity index (χ4v) is 2.15. The topological polar surface area (TPSA) is 75.1 Å². The van der Waals surface area contributed by atoms with E-state index in [1.54, 1.807) is 7.11 Å². The minimum atomic E-state index is -0.587. The van der Waals surface area contributed by atoms with Gasteiger partial charge in [-0.1, -0.05) is 26.0 Å². The van der Waals surface area contributed by atoms with E-state index in [0.717, 1.165) is 25.3 Å². The molecule has 0 aliphatic heterocycles. The molecule has 0 bridgehead atoms. The van der Waals surface area contributed by atoms with Crippen LogP contribution in [0.4, 0.5) is 0 Å². The van der Waals surface area contributed by atoms with Crippen molar-refractivity contribution in [2.24, 2.45) is 10.9 Å². The Morgan fingerprint density at radius 2 is 1.85 bits per heavy atom. The predicted molar refractivity (Wildman–Crippen MR) is 118 cm³/mol. The van der Waals surface area contributed by atoms with Gasteiger partial charge in [0.25, 0.3) is 0 Å². The van der Waals surface area contributed by atoms with Crippen molar-refractivity contribution < 1.29 is 14.6 Å². The van der Waals surface area contributed by atoms with Crippen LogP contribution in [0.1, 0.15) is 26.3 Å². The summed E-state index contributed by atoms with van der Waals surface area (Å²) in [6.45, 7) is 9.00. The zero-order chi connectivity index (χ0) is 18.5. The molecule has 0 aliphatic carbocycles. The number of aliphatic imine (C=N–C) groups is 1. The minimum Gasteiger partial charge on any atom is -0.497 e. The Morgan fingerprint density at radius 1 is 1.15 bits per heavy atom. The third-order valence-electron chi connectivity index (χ3n) is 3.43. The molecule has 3 N–H and O–H groups in total. The Morgan fingerprint density at radius 3 is 2.42 bits per heavy atom. The lowest BCUT2D eigenvalue weighted by molar-refractivity contribution is 0.0301. The summed E-state index contributed by atoms with van der Waals surface area (Å²) in [5, 5.41) is 16.4. The maximum absolute atomic E-state index is 9.93. The molecule has 1 aromatic rings. The maximum Gasteiger partial charge on any atom is 0.191 e. The van der Waals surface area contributed by atoms with E-state index in [1.807, 2.05) is 19.1 Å². The summed E-state index contributed by atoms with van der Waals surface area (Å²) in [4.78, 5) is 4.41. The van der Waals surface area contributed by atoms with Crippen LogP contribution in [0.5, 0.6) is 5.75 Å². The number of benzene rings is 1. The molecule has 6 nitrogen and oxygen atoms in total. The van der Waals surface area contributed by atoms with E-state index in [0.29, 0.717) is 31.6 Å². The SMILES string of the molecule is CCNC(=NCC(O)COCC(C)C)NCCc1ccc(OC)cc1.I. The van der Waals surface area contributed by atoms with E-state index in [9.17, 15) is 5.11 Å². The fraction of sp³-hybridized carbons (Fsp3) is 0.632. The van der Waals surface area contributed by atoms with E-state index in [4.69, 9.17) is 9.47 Å². The summed E-state index contributed by atoms with van der Waals surface area (Å²) >= 11 is 0. The van der Waals surface area contributed by atoms with Crippen molar-refractivity contribution in [2.45, 2.75) is 33.3 Å². The second-order valence-corrected chi connectivity index (χ2v) is 6.33. The van der Waals surface area contributed by atoms with Crippen LogP contribution in [0.2, 0.25) is 0 Å². The second kappa shape index (κ2) is 15.0. The average Bonchev–Trinajstić information content (AvgIpc) is 2.60. The number of aliphatic hydroxyl groups excluding tert-OH is 1. The van der Waals surface area contributed by atoms with Gasteiger partial charge in [-0.2, -0.15) is 0 Å². The van der Waals surface area contributed by atoms with Crippen LogP contribution in [-0.2, 0) is 11.2 Å². The van der Waals surface area contributed by atoms with Crippen LogP contribution in [0.15, 0.2) is 29.3 Å². The quantitative estimate of drug-likeness (QED) is 0.258. The van der Waals surface area contributed by atoms with Crippen LogP contribution in [0.3, 0.4) is 0 Å². The Kier molecular flexibility index (Phi) is 14.4. The number of methoxy groups -OCH3 is 1. The highest BCUT2D eigenvalue weighted by Crippen LogP contribution is 2.11. The molecule has 0 spiro atoms. The van der Waals surface area contributed by atoms with Gasteiger partial charge >= 0.3 is 0 Å². The van der Waals surface area contributed by atoms with Gasteiger partial charge in [0, 0.05) is 19.7 Å². The van der Waals surface area contributed by atoms with Gasteiger partial charge in [-0.15, -0.1) is 24.0 Å². The lowest BCUT2D eigenvalue weighted by atomic mass is 10.1. The molecule has 0 radical (unpaired) electrons. The number of nitrogens with one attached hydrogen (secondary N) is 2. The number of hydrogen-bond acceptors (Lipinski definition) is 4. The molecule has 150 valence electrons. The summed E-state index contributed by atoms with van der Waals surface area (Å²) in [5.74, 6) is 2.03. The molecular formula is C19H34IN3O3. The normalized spacial score (nSPS) is 12.5. The zero-order valence-electron chi connectivity index (χ0n) is 16.3. The molecule has 0 amide bonds. The number of halogens is 1. The summed E-state index contributed by atoms with van der Waals surface area (Å²) in [6, 6.07) is 8.03. The molecule has 0 heterocycles. The van der Waals surface area contributed by atoms with Gasteiger partial charge in [0.2, 0.25) is 0 Å². The maximum atomic E-state index is 9.93. The number of nitrogens with zero attached hydrogens (tertiary/aromatic N) is 1. The van der Waals surface area contributed by atoms with Crippen molar-refractivity contribution in [1.82, 2.24) is 10.6 Å². The fourth-order valence-electron chi connectivity index (χ4n) is 2.15. The molecule has 1 atom stereocenters. The second-order valence-electron chi connectivity index (χ2n) is 6.33. The lowest BCUT2D eigenvalue weighted by Gasteiger charge is -2.14. The summed E-state index contributed by atoms with van der Waals surface area (Å²) in [7, 11) is 1.66. The van der Waals surface area contributed by atoms with Crippen molar-refractivity contribution >= 4 is 29.9 Å². The number of hydrogen-bond donors (Lipinski definition) is 3. The van der Waals surface area contributed by atoms with Crippen LogP contribution < -0.4 is 15.4 Å². The van der Waals surface area contributed by atoms with Crippen LogP contribution in [-0.4, -0.2) is 57.1 Å². The molecule has 7 heteroatoms. The van der Waals surface area contributed by atoms with E-state index in [2.05, 4.69) is 41.6 Å². The average molecular weight is 479 g/mol. The van der Waals surface area contributed by atoms with Crippen molar-refractivity contribution in [3.63, 3.8) is 0 Å². The molecule has 26 heavy (non-hydrogen) atoms. The van der Waals surface area contributed by atoms with Gasteiger partial charge in [0.1, 0.15) is 5.75 Å². The molecule has 0 aromatic heterocycles. The van der Waals surface area contributed by atoms with Gasteiger partial charge < -0.3 is 25.2 Å². The number of guanidine groups is 1. The first-order valence-corrected chi connectivity index (χ1v) is 8.96. The third kappa shape index (κ3) is 11.5. The molecular weight excluding hydrogens is 445 g/mol. The highest BCUT2D eigenvalue weighted by molar-refractivity contribution is 14.0. The Hall–Kier alpha value is -1.06. The minimum absolute atomic E-state index is 0. The molecule has 0 saturated carbocycles. The summed E-state index contributed by atoms with van der Waals surface area (Å²) < 4.78 is 10.6. The smallest absolute Gasteiger partial charge is 0.191 e. The molecule has 0 aliphatic rings. The Bertz CT molecular complexity index is 495. The highest BCUT2D eigenvalue weighted by Gasteiger charge is 2.05. The van der Waals surface area contributed by atoms with Crippen LogP contribution in [0.25, 0.3) is 0 Å². The van der Waals surface area contributed by atoms with Crippen molar-refractivity contribution in [3.8, 4) is 5.75 Å². The molecule has 0 saturated heterocycles. The molecule has 1 aromatic carbocycles. The van der Waals surface area contributed by atoms with Gasteiger partial charge in [0.15, 0.2) is 5.96 Å². The van der Waals surface area contributed by atoms with Crippen molar-refractivity contribution in [2.75, 3.05) is 40.0 Å². The third-order valence-corrected chi connectivity index (χ3v) is 3.43. The zero-order valence-corrected chi connectivity index (χ0v) is 18.7. The summed E-state index contributed by atoms with van der Waals surface area (Å²) in [6.07, 6.45) is 0.296. The summed E-state index contributed by atoms with van der Waals surface area (Å²) in [5.41, 5.74) is 1.23. The Labute approximate surface area is 174 Å². The molecule has 1 rings (SSSR count). The van der Waals surface area contributed by atoms with Gasteiger partial charge in [-0.05, 0) is 37.0 Å². The molecule has 1 unspecified atom stereocenters. The van der Waals surface area contributed by atoms with Gasteiger partial charge in [-0.3, -0.25) is 4.99 Å². The standard InChI is InChI=1S/C19H33N3O3.HI/c1-5-20-19(22-12-17(23)14-25-13-15(2)3)21-11-10-16-6-8-18(24-4)9-7-16;/h6-9,15,17,23H,5,10-14H2,1-4H3,(H2,20,21,22);1H. The first-order chi connectivity index (χ1) is 12.0. The number of rotatable bonds is 11. The van der Waals surface area contributed by atoms with Gasteiger partial charge in [0.05, 0.1) is 26.4 Å². The monoisotopic (exact) mass is 479 g/mol. The molecule has 0 fully saturated rings.